The molecule has 2 aromatic rings. The lowest BCUT2D eigenvalue weighted by molar-refractivity contribution is 0.500. The van der Waals surface area contributed by atoms with Crippen molar-refractivity contribution in [1.82, 2.24) is 9.55 Å². The molecule has 19 heavy (non-hydrogen) atoms. The van der Waals surface area contributed by atoms with E-state index < -0.39 is 17.7 Å². The Kier molecular flexibility index (Phi) is 4.31. The molecule has 0 saturated carbocycles. The zero-order chi connectivity index (χ0) is 14.0. The van der Waals surface area contributed by atoms with Crippen LogP contribution in [0.3, 0.4) is 0 Å². The van der Waals surface area contributed by atoms with Gasteiger partial charge in [-0.1, -0.05) is 13.0 Å². The minimum Gasteiger partial charge on any atom is -0.333 e. The van der Waals surface area contributed by atoms with Gasteiger partial charge in [-0.3, -0.25) is 0 Å². The van der Waals surface area contributed by atoms with Crippen LogP contribution in [0.2, 0.25) is 0 Å². The fourth-order valence-electron chi connectivity index (χ4n) is 1.95. The SMILES string of the molecule is CCCn1ccnc1C(N)c1ccc(F)c(F)c1Br. The first-order chi connectivity index (χ1) is 9.06. The number of benzene rings is 1. The van der Waals surface area contributed by atoms with Crippen LogP contribution in [0.4, 0.5) is 8.78 Å². The Morgan fingerprint density at radius 3 is 2.84 bits per heavy atom. The lowest BCUT2D eigenvalue weighted by Gasteiger charge is -2.16. The molecule has 2 rings (SSSR count). The highest BCUT2D eigenvalue weighted by molar-refractivity contribution is 9.10. The van der Waals surface area contributed by atoms with Crippen molar-refractivity contribution in [3.63, 3.8) is 0 Å². The summed E-state index contributed by atoms with van der Waals surface area (Å²) in [4.78, 5) is 4.21. The van der Waals surface area contributed by atoms with Gasteiger partial charge in [-0.15, -0.1) is 0 Å². The molecule has 1 unspecified atom stereocenters. The summed E-state index contributed by atoms with van der Waals surface area (Å²) in [6.45, 7) is 2.83. The molecule has 1 aromatic carbocycles. The standard InChI is InChI=1S/C13H14BrF2N3/c1-2-6-19-7-5-18-13(19)12(17)8-3-4-9(15)11(16)10(8)14/h3-5,7,12H,2,6,17H2,1H3. The van der Waals surface area contributed by atoms with Gasteiger partial charge in [-0.25, -0.2) is 13.8 Å². The van der Waals surface area contributed by atoms with Crippen molar-refractivity contribution < 1.29 is 8.78 Å². The van der Waals surface area contributed by atoms with Gasteiger partial charge in [0.2, 0.25) is 0 Å². The van der Waals surface area contributed by atoms with E-state index >= 15 is 0 Å². The van der Waals surface area contributed by atoms with E-state index in [-0.39, 0.29) is 4.47 Å². The van der Waals surface area contributed by atoms with Crippen molar-refractivity contribution in [3.8, 4) is 0 Å². The van der Waals surface area contributed by atoms with Crippen LogP contribution in [0, 0.1) is 11.6 Å². The number of aromatic nitrogens is 2. The molecule has 1 atom stereocenters. The third-order valence-corrected chi connectivity index (χ3v) is 3.70. The average molecular weight is 330 g/mol. The second-order valence-electron chi connectivity index (χ2n) is 4.22. The number of hydrogen-bond acceptors (Lipinski definition) is 2. The molecular formula is C13H14BrF2N3. The summed E-state index contributed by atoms with van der Waals surface area (Å²) >= 11 is 3.05. The third-order valence-electron chi connectivity index (χ3n) is 2.89. The summed E-state index contributed by atoms with van der Waals surface area (Å²) in [5, 5.41) is 0. The van der Waals surface area contributed by atoms with Gasteiger partial charge in [-0.05, 0) is 34.0 Å². The summed E-state index contributed by atoms with van der Waals surface area (Å²) in [5.41, 5.74) is 6.58. The number of hydrogen-bond donors (Lipinski definition) is 1. The minimum absolute atomic E-state index is 0.0473. The molecule has 0 spiro atoms. The van der Waals surface area contributed by atoms with Crippen LogP contribution in [-0.4, -0.2) is 9.55 Å². The maximum Gasteiger partial charge on any atom is 0.173 e. The Morgan fingerprint density at radius 1 is 1.42 bits per heavy atom. The molecule has 0 bridgehead atoms. The largest absolute Gasteiger partial charge is 0.333 e. The van der Waals surface area contributed by atoms with Gasteiger partial charge in [-0.2, -0.15) is 0 Å². The lowest BCUT2D eigenvalue weighted by Crippen LogP contribution is -2.19. The first-order valence-electron chi connectivity index (χ1n) is 5.96. The fraction of sp³-hybridized carbons (Fsp3) is 0.308. The summed E-state index contributed by atoms with van der Waals surface area (Å²) < 4.78 is 28.6. The molecule has 0 saturated heterocycles. The average Bonchev–Trinajstić information content (AvgIpc) is 2.84. The van der Waals surface area contributed by atoms with Gasteiger partial charge in [0.15, 0.2) is 11.6 Å². The quantitative estimate of drug-likeness (QED) is 0.874. The van der Waals surface area contributed by atoms with E-state index in [2.05, 4.69) is 20.9 Å². The zero-order valence-electron chi connectivity index (χ0n) is 10.4. The van der Waals surface area contributed by atoms with Crippen LogP contribution < -0.4 is 5.73 Å². The first-order valence-corrected chi connectivity index (χ1v) is 6.75. The second-order valence-corrected chi connectivity index (χ2v) is 5.01. The minimum atomic E-state index is -0.929. The Morgan fingerprint density at radius 2 is 2.16 bits per heavy atom. The molecule has 6 heteroatoms. The van der Waals surface area contributed by atoms with Gasteiger partial charge in [0, 0.05) is 18.9 Å². The Balaban J connectivity index is 2.41. The smallest absolute Gasteiger partial charge is 0.173 e. The highest BCUT2D eigenvalue weighted by Gasteiger charge is 2.20. The van der Waals surface area contributed by atoms with Crippen LogP contribution in [0.15, 0.2) is 29.0 Å². The van der Waals surface area contributed by atoms with Crippen molar-refractivity contribution in [2.75, 3.05) is 0 Å². The number of halogens is 3. The monoisotopic (exact) mass is 329 g/mol. The van der Waals surface area contributed by atoms with E-state index in [0.717, 1.165) is 19.0 Å². The van der Waals surface area contributed by atoms with Gasteiger partial charge in [0.1, 0.15) is 5.82 Å². The van der Waals surface area contributed by atoms with Crippen molar-refractivity contribution >= 4 is 15.9 Å². The second kappa shape index (κ2) is 5.79. The summed E-state index contributed by atoms with van der Waals surface area (Å²) in [5.74, 6) is -1.20. The summed E-state index contributed by atoms with van der Waals surface area (Å²) in [7, 11) is 0. The maximum atomic E-state index is 13.5. The predicted octanol–water partition coefficient (Wildman–Crippen LogP) is 3.38. The Labute approximate surface area is 118 Å². The van der Waals surface area contributed by atoms with Crippen molar-refractivity contribution in [2.24, 2.45) is 5.73 Å². The normalized spacial score (nSPS) is 12.7. The molecule has 0 amide bonds. The van der Waals surface area contributed by atoms with Crippen LogP contribution in [-0.2, 0) is 6.54 Å². The van der Waals surface area contributed by atoms with Crippen LogP contribution in [0.1, 0.15) is 30.8 Å². The zero-order valence-corrected chi connectivity index (χ0v) is 12.0. The van der Waals surface area contributed by atoms with Gasteiger partial charge < -0.3 is 10.3 Å². The molecule has 3 nitrogen and oxygen atoms in total. The van der Waals surface area contributed by atoms with Gasteiger partial charge >= 0.3 is 0 Å². The highest BCUT2D eigenvalue weighted by Crippen LogP contribution is 2.29. The van der Waals surface area contributed by atoms with E-state index in [9.17, 15) is 8.78 Å². The Hall–Kier alpha value is -1.27. The van der Waals surface area contributed by atoms with Crippen LogP contribution >= 0.6 is 15.9 Å². The van der Waals surface area contributed by atoms with E-state index in [1.54, 1.807) is 6.20 Å². The van der Waals surface area contributed by atoms with Crippen LogP contribution in [0.5, 0.6) is 0 Å². The molecule has 0 fully saturated rings. The summed E-state index contributed by atoms with van der Waals surface area (Å²) in [6, 6.07) is 1.94. The molecular weight excluding hydrogens is 316 g/mol. The van der Waals surface area contributed by atoms with Gasteiger partial charge in [0.05, 0.1) is 10.5 Å². The molecule has 0 aliphatic rings. The Bertz CT molecular complexity index is 583. The third kappa shape index (κ3) is 2.69. The van der Waals surface area contributed by atoms with Crippen molar-refractivity contribution in [2.45, 2.75) is 25.9 Å². The predicted molar refractivity (Wildman–Crippen MR) is 72.6 cm³/mol. The fourth-order valence-corrected chi connectivity index (χ4v) is 2.52. The van der Waals surface area contributed by atoms with E-state index in [0.29, 0.717) is 11.4 Å². The number of nitrogens with zero attached hydrogens (tertiary/aromatic N) is 2. The first kappa shape index (κ1) is 14.1. The topological polar surface area (TPSA) is 43.8 Å². The molecule has 0 aliphatic heterocycles. The van der Waals surface area contributed by atoms with Gasteiger partial charge in [0.25, 0.3) is 0 Å². The number of nitrogens with two attached hydrogens (primary N) is 1. The molecule has 0 aliphatic carbocycles. The molecule has 0 radical (unpaired) electrons. The highest BCUT2D eigenvalue weighted by atomic mass is 79.9. The van der Waals surface area contributed by atoms with E-state index in [4.69, 9.17) is 5.73 Å². The molecule has 1 aromatic heterocycles. The van der Waals surface area contributed by atoms with Crippen molar-refractivity contribution in [3.05, 3.63) is 52.0 Å². The summed E-state index contributed by atoms with van der Waals surface area (Å²) in [6.07, 6.45) is 4.42. The number of aryl methyl sites for hydroxylation is 1. The maximum absolute atomic E-state index is 13.5. The van der Waals surface area contributed by atoms with Crippen molar-refractivity contribution in [1.29, 1.82) is 0 Å². The van der Waals surface area contributed by atoms with E-state index in [1.807, 2.05) is 17.7 Å². The molecule has 2 N–H and O–H groups in total. The lowest BCUT2D eigenvalue weighted by atomic mass is 10.1. The molecule has 102 valence electrons. The van der Waals surface area contributed by atoms with Crippen LogP contribution in [0.25, 0.3) is 0 Å². The molecule has 1 heterocycles. The number of rotatable bonds is 4. The number of imidazole rings is 1. The van der Waals surface area contributed by atoms with E-state index in [1.165, 1.54) is 6.07 Å².